The third-order valence-corrected chi connectivity index (χ3v) is 8.06. The van der Waals surface area contributed by atoms with E-state index in [2.05, 4.69) is 30.0 Å². The van der Waals surface area contributed by atoms with Crippen LogP contribution in [0.4, 0.5) is 4.79 Å². The standard InChI is InChI=1S/C34H32ClN7O9.C3H8O/c1-3-4-12-29-36-31(35)30(33(44)51-22(2)49-21-43)40(29)18-23-13-15-26(16-14-23)27-10-5-6-11-28(27)32-37-39-41(38-32)34(45)48-19-24-8-7-9-25(17-24)20-50-42(46)47;1-3-4-2/h5-11,13-17,21-22H,3-4,12,18-20H2,1-2H3;3H2,1-2H3. The van der Waals surface area contributed by atoms with E-state index >= 15 is 0 Å². The Bertz CT molecular complexity index is 2050. The van der Waals surface area contributed by atoms with Crippen molar-refractivity contribution in [2.24, 2.45) is 0 Å². The van der Waals surface area contributed by atoms with E-state index in [1.807, 2.05) is 56.3 Å². The van der Waals surface area contributed by atoms with Gasteiger partial charge in [0.1, 0.15) is 19.0 Å². The molecule has 55 heavy (non-hydrogen) atoms. The number of nitrogens with zero attached hydrogens (tertiary/aromatic N) is 7. The molecule has 0 N–H and O–H groups in total. The number of carbonyl (C=O) groups excluding carboxylic acids is 3. The quantitative estimate of drug-likeness (QED) is 0.0327. The smallest absolute Gasteiger partial charge is 0.442 e. The van der Waals surface area contributed by atoms with Crippen LogP contribution in [0.5, 0.6) is 0 Å². The molecule has 0 bridgehead atoms. The summed E-state index contributed by atoms with van der Waals surface area (Å²) >= 11 is 6.41. The van der Waals surface area contributed by atoms with Crippen molar-refractivity contribution in [1.82, 2.24) is 29.8 Å². The van der Waals surface area contributed by atoms with Gasteiger partial charge < -0.3 is 28.4 Å². The lowest BCUT2D eigenvalue weighted by Crippen LogP contribution is -2.21. The zero-order valence-electron chi connectivity index (χ0n) is 30.6. The van der Waals surface area contributed by atoms with Gasteiger partial charge in [-0.05, 0) is 46.4 Å². The Labute approximate surface area is 321 Å². The summed E-state index contributed by atoms with van der Waals surface area (Å²) in [5.41, 5.74) is 4.24. The maximum atomic E-state index is 13.0. The van der Waals surface area contributed by atoms with Gasteiger partial charge in [0, 0.05) is 39.2 Å². The lowest BCUT2D eigenvalue weighted by atomic mass is 9.98. The number of imidazole rings is 1. The zero-order valence-corrected chi connectivity index (χ0v) is 31.4. The Balaban J connectivity index is 0.00000160. The van der Waals surface area contributed by atoms with E-state index in [-0.39, 0.29) is 42.9 Å². The van der Waals surface area contributed by atoms with Crippen molar-refractivity contribution in [1.29, 1.82) is 0 Å². The predicted octanol–water partition coefficient (Wildman–Crippen LogP) is 6.47. The lowest BCUT2D eigenvalue weighted by molar-refractivity contribution is -0.763. The number of benzene rings is 3. The molecular weight excluding hydrogens is 738 g/mol. The van der Waals surface area contributed by atoms with Crippen molar-refractivity contribution in [3.05, 3.63) is 116 Å². The number of carbonyl (C=O) groups is 3. The summed E-state index contributed by atoms with van der Waals surface area (Å²) in [6.45, 7) is 6.34. The van der Waals surface area contributed by atoms with Crippen LogP contribution >= 0.6 is 11.6 Å². The maximum absolute atomic E-state index is 13.0. The van der Waals surface area contributed by atoms with Crippen molar-refractivity contribution in [2.45, 2.75) is 66.1 Å². The Kier molecular flexibility index (Phi) is 15.8. The Morgan fingerprint density at radius 2 is 1.67 bits per heavy atom. The molecular formula is C37H40ClN7O10. The van der Waals surface area contributed by atoms with Crippen molar-refractivity contribution in [2.75, 3.05) is 13.7 Å². The first-order chi connectivity index (χ1) is 26.6. The van der Waals surface area contributed by atoms with E-state index in [9.17, 15) is 24.5 Å². The van der Waals surface area contributed by atoms with Gasteiger partial charge in [0.05, 0.1) is 0 Å². The van der Waals surface area contributed by atoms with Crippen LogP contribution < -0.4 is 0 Å². The van der Waals surface area contributed by atoms with Crippen LogP contribution in [-0.2, 0) is 54.8 Å². The molecule has 0 radical (unpaired) electrons. The molecule has 1 atom stereocenters. The Hall–Kier alpha value is -6.20. The minimum atomic E-state index is -1.11. The molecule has 0 aliphatic heterocycles. The van der Waals surface area contributed by atoms with E-state index in [0.717, 1.165) is 40.9 Å². The fourth-order valence-corrected chi connectivity index (χ4v) is 5.39. The number of esters is 1. The highest BCUT2D eigenvalue weighted by molar-refractivity contribution is 6.32. The van der Waals surface area contributed by atoms with Gasteiger partial charge in [0.25, 0.3) is 11.6 Å². The molecule has 5 aromatic rings. The average molecular weight is 778 g/mol. The molecule has 2 aromatic heterocycles. The second-order valence-corrected chi connectivity index (χ2v) is 12.0. The highest BCUT2D eigenvalue weighted by atomic mass is 35.5. The monoisotopic (exact) mass is 777 g/mol. The fourth-order valence-electron chi connectivity index (χ4n) is 5.11. The van der Waals surface area contributed by atoms with Gasteiger partial charge in [-0.15, -0.1) is 20.3 Å². The van der Waals surface area contributed by atoms with Crippen LogP contribution in [-0.4, -0.2) is 73.4 Å². The SMILES string of the molecule is CCCCc1nc(Cl)c(C(=O)OC(C)OC=O)n1Cc1ccc(-c2ccccc2-c2nnn(C(=O)OCc3cccc(CO[N+](=O)[O-])c3)n2)cc1.CCOC. The van der Waals surface area contributed by atoms with E-state index in [1.54, 1.807) is 42.0 Å². The molecule has 0 amide bonds. The van der Waals surface area contributed by atoms with Gasteiger partial charge in [-0.2, -0.15) is 0 Å². The second kappa shape index (κ2) is 20.9. The maximum Gasteiger partial charge on any atom is 0.454 e. The van der Waals surface area contributed by atoms with E-state index < -0.39 is 23.4 Å². The molecule has 3 aromatic carbocycles. The molecule has 0 aliphatic carbocycles. The minimum Gasteiger partial charge on any atom is -0.442 e. The normalized spacial score (nSPS) is 11.1. The van der Waals surface area contributed by atoms with Gasteiger partial charge in [-0.3, -0.25) is 4.79 Å². The number of rotatable bonds is 17. The third kappa shape index (κ3) is 11.9. The van der Waals surface area contributed by atoms with Crippen LogP contribution in [0.1, 0.15) is 66.6 Å². The van der Waals surface area contributed by atoms with Crippen molar-refractivity contribution >= 4 is 30.1 Å². The first-order valence-electron chi connectivity index (χ1n) is 17.1. The minimum absolute atomic E-state index is 0.00566. The Morgan fingerprint density at radius 3 is 2.33 bits per heavy atom. The lowest BCUT2D eigenvalue weighted by Gasteiger charge is -2.15. The molecule has 290 valence electrons. The van der Waals surface area contributed by atoms with E-state index in [1.165, 1.54) is 6.92 Å². The molecule has 0 saturated carbocycles. The Morgan fingerprint density at radius 1 is 0.982 bits per heavy atom. The van der Waals surface area contributed by atoms with Gasteiger partial charge in [-0.25, -0.2) is 14.6 Å². The molecule has 0 spiro atoms. The highest BCUT2D eigenvalue weighted by Crippen LogP contribution is 2.30. The molecule has 18 heteroatoms. The third-order valence-electron chi connectivity index (χ3n) is 7.80. The topological polar surface area (TPSA) is 202 Å². The summed E-state index contributed by atoms with van der Waals surface area (Å²) in [4.78, 5) is 56.5. The number of hydrogen-bond donors (Lipinski definition) is 0. The molecule has 5 rings (SSSR count). The first kappa shape index (κ1) is 41.6. The van der Waals surface area contributed by atoms with E-state index in [4.69, 9.17) is 25.8 Å². The number of hydrogen-bond acceptors (Lipinski definition) is 14. The number of methoxy groups -OCH3 is 1. The number of unbranched alkanes of at least 4 members (excludes halogenated alkanes) is 1. The number of aromatic nitrogens is 6. The molecule has 0 saturated heterocycles. The summed E-state index contributed by atoms with van der Waals surface area (Å²) in [6.07, 6.45) is 0.353. The van der Waals surface area contributed by atoms with Gasteiger partial charge in [0.15, 0.2) is 10.8 Å². The molecule has 0 aliphatic rings. The summed E-state index contributed by atoms with van der Waals surface area (Å²) in [5.74, 6) is 0.0415. The molecule has 17 nitrogen and oxygen atoms in total. The average Bonchev–Trinajstić information content (AvgIpc) is 3.80. The van der Waals surface area contributed by atoms with Crippen molar-refractivity contribution < 1.29 is 43.3 Å². The van der Waals surface area contributed by atoms with Crippen molar-refractivity contribution in [3.8, 4) is 22.5 Å². The largest absolute Gasteiger partial charge is 0.454 e. The van der Waals surface area contributed by atoms with Gasteiger partial charge in [0.2, 0.25) is 12.1 Å². The first-order valence-corrected chi connectivity index (χ1v) is 17.5. The summed E-state index contributed by atoms with van der Waals surface area (Å²) < 4.78 is 21.5. The number of halogens is 1. The zero-order chi connectivity index (χ0) is 39.7. The van der Waals surface area contributed by atoms with E-state index in [0.29, 0.717) is 28.9 Å². The highest BCUT2D eigenvalue weighted by Gasteiger charge is 2.25. The molecule has 2 heterocycles. The predicted molar refractivity (Wildman–Crippen MR) is 197 cm³/mol. The number of aryl methyl sites for hydroxylation is 1. The van der Waals surface area contributed by atoms with Crippen LogP contribution in [0.15, 0.2) is 72.8 Å². The van der Waals surface area contributed by atoms with Crippen molar-refractivity contribution in [3.63, 3.8) is 0 Å². The second-order valence-electron chi connectivity index (χ2n) is 11.7. The molecule has 1 unspecified atom stereocenters. The van der Waals surface area contributed by atoms with Crippen LogP contribution in [0.25, 0.3) is 22.5 Å². The van der Waals surface area contributed by atoms with Crippen LogP contribution in [0.3, 0.4) is 0 Å². The van der Waals surface area contributed by atoms with Gasteiger partial charge >= 0.3 is 12.1 Å². The number of tetrazole rings is 1. The summed E-state index contributed by atoms with van der Waals surface area (Å²) in [5, 5.41) is 21.8. The summed E-state index contributed by atoms with van der Waals surface area (Å²) in [6, 6.07) is 21.6. The van der Waals surface area contributed by atoms with Gasteiger partial charge in [-0.1, -0.05) is 103 Å². The fraction of sp³-hybridized carbons (Fsp3) is 0.324. The van der Waals surface area contributed by atoms with Crippen LogP contribution in [0.2, 0.25) is 5.15 Å². The number of ether oxygens (including phenoxy) is 4. The van der Waals surface area contributed by atoms with Crippen LogP contribution in [0, 0.1) is 10.1 Å². The summed E-state index contributed by atoms with van der Waals surface area (Å²) in [7, 11) is 1.68. The molecule has 0 fully saturated rings.